The summed E-state index contributed by atoms with van der Waals surface area (Å²) in [5.74, 6) is 0.328. The lowest BCUT2D eigenvalue weighted by Crippen LogP contribution is -2.10. The number of hydrogen-bond donors (Lipinski definition) is 2. The molecule has 1 heterocycles. The third-order valence-corrected chi connectivity index (χ3v) is 3.69. The minimum Gasteiger partial charge on any atom is -0.340 e. The number of nitrogens with one attached hydrogen (secondary N) is 2. The van der Waals surface area contributed by atoms with Crippen molar-refractivity contribution in [3.8, 4) is 6.07 Å². The molecule has 2 N–H and O–H groups in total. The molecular formula is C18H11ClF3N5. The van der Waals surface area contributed by atoms with Gasteiger partial charge in [0.05, 0.1) is 22.9 Å². The maximum Gasteiger partial charge on any atom is 0.418 e. The summed E-state index contributed by atoms with van der Waals surface area (Å²) in [4.78, 5) is 8.09. The van der Waals surface area contributed by atoms with Gasteiger partial charge in [-0.2, -0.15) is 23.4 Å². The van der Waals surface area contributed by atoms with Gasteiger partial charge < -0.3 is 10.6 Å². The molecule has 3 aromatic rings. The van der Waals surface area contributed by atoms with Gasteiger partial charge in [0.25, 0.3) is 0 Å². The van der Waals surface area contributed by atoms with Crippen molar-refractivity contribution in [3.05, 3.63) is 70.9 Å². The minimum absolute atomic E-state index is 0.0238. The summed E-state index contributed by atoms with van der Waals surface area (Å²) in [5.41, 5.74) is -0.0567. The van der Waals surface area contributed by atoms with Crippen molar-refractivity contribution in [2.75, 3.05) is 10.6 Å². The molecule has 27 heavy (non-hydrogen) atoms. The smallest absolute Gasteiger partial charge is 0.340 e. The first kappa shape index (κ1) is 18.5. The molecule has 0 bridgehead atoms. The predicted octanol–water partition coefficient (Wildman–Crippen LogP) is 5.51. The average molecular weight is 390 g/mol. The van der Waals surface area contributed by atoms with Crippen LogP contribution in [0.2, 0.25) is 5.02 Å². The molecule has 0 aliphatic heterocycles. The maximum atomic E-state index is 13.2. The van der Waals surface area contributed by atoms with Gasteiger partial charge in [0.15, 0.2) is 0 Å². The zero-order valence-corrected chi connectivity index (χ0v) is 14.3. The number of anilines is 4. The Bertz CT molecular complexity index is 1010. The molecule has 0 aliphatic carbocycles. The van der Waals surface area contributed by atoms with E-state index in [1.165, 1.54) is 18.3 Å². The number of alkyl halides is 3. The second-order valence-electron chi connectivity index (χ2n) is 5.40. The summed E-state index contributed by atoms with van der Waals surface area (Å²) < 4.78 is 39.6. The molecule has 0 unspecified atom stereocenters. The van der Waals surface area contributed by atoms with E-state index in [0.717, 1.165) is 6.07 Å². The first-order valence-corrected chi connectivity index (χ1v) is 7.97. The summed E-state index contributed by atoms with van der Waals surface area (Å²) in [7, 11) is 0. The van der Waals surface area contributed by atoms with Crippen molar-refractivity contribution in [1.29, 1.82) is 5.26 Å². The van der Waals surface area contributed by atoms with Crippen LogP contribution in [0.4, 0.5) is 36.3 Å². The largest absolute Gasteiger partial charge is 0.418 e. The first-order chi connectivity index (χ1) is 12.8. The Labute approximate surface area is 157 Å². The molecule has 0 saturated carbocycles. The van der Waals surface area contributed by atoms with Gasteiger partial charge in [0.2, 0.25) is 5.95 Å². The standard InChI is InChI=1S/C18H11ClF3N5/c19-12-4-5-15(14(9-12)18(20,21)22)26-17-24-7-6-16(27-17)25-13-3-1-2-11(8-13)10-23/h1-9H,(H2,24,25,26,27). The fraction of sp³-hybridized carbons (Fsp3) is 0.0556. The third-order valence-electron chi connectivity index (χ3n) is 3.45. The fourth-order valence-electron chi connectivity index (χ4n) is 2.28. The van der Waals surface area contributed by atoms with Crippen molar-refractivity contribution < 1.29 is 13.2 Å². The van der Waals surface area contributed by atoms with Crippen LogP contribution in [0.3, 0.4) is 0 Å². The van der Waals surface area contributed by atoms with Crippen LogP contribution in [0.15, 0.2) is 54.7 Å². The molecule has 0 fully saturated rings. The lowest BCUT2D eigenvalue weighted by molar-refractivity contribution is -0.136. The number of nitriles is 1. The van der Waals surface area contributed by atoms with Crippen LogP contribution in [0.5, 0.6) is 0 Å². The molecule has 0 radical (unpaired) electrons. The van der Waals surface area contributed by atoms with Gasteiger partial charge in [-0.1, -0.05) is 17.7 Å². The van der Waals surface area contributed by atoms with Crippen molar-refractivity contribution in [2.45, 2.75) is 6.18 Å². The highest BCUT2D eigenvalue weighted by Gasteiger charge is 2.34. The van der Waals surface area contributed by atoms with Crippen LogP contribution in [-0.2, 0) is 6.18 Å². The highest BCUT2D eigenvalue weighted by molar-refractivity contribution is 6.30. The van der Waals surface area contributed by atoms with E-state index >= 15 is 0 Å². The number of aromatic nitrogens is 2. The summed E-state index contributed by atoms with van der Waals surface area (Å²) in [6.45, 7) is 0. The molecule has 0 amide bonds. The van der Waals surface area contributed by atoms with Gasteiger partial charge in [-0.05, 0) is 42.5 Å². The van der Waals surface area contributed by atoms with E-state index in [2.05, 4.69) is 20.6 Å². The van der Waals surface area contributed by atoms with Crippen LogP contribution >= 0.6 is 11.6 Å². The van der Waals surface area contributed by atoms with Gasteiger partial charge in [-0.3, -0.25) is 0 Å². The van der Waals surface area contributed by atoms with E-state index in [4.69, 9.17) is 16.9 Å². The zero-order chi connectivity index (χ0) is 19.4. The Morgan fingerprint density at radius 2 is 1.85 bits per heavy atom. The SMILES string of the molecule is N#Cc1cccc(Nc2ccnc(Nc3ccc(Cl)cc3C(F)(F)F)n2)c1. The highest BCUT2D eigenvalue weighted by Crippen LogP contribution is 2.37. The number of hydrogen-bond acceptors (Lipinski definition) is 5. The molecule has 2 aromatic carbocycles. The first-order valence-electron chi connectivity index (χ1n) is 7.59. The van der Waals surface area contributed by atoms with E-state index in [1.54, 1.807) is 30.3 Å². The molecule has 5 nitrogen and oxygen atoms in total. The maximum absolute atomic E-state index is 13.2. The zero-order valence-electron chi connectivity index (χ0n) is 13.5. The van der Waals surface area contributed by atoms with E-state index < -0.39 is 11.7 Å². The Morgan fingerprint density at radius 3 is 2.59 bits per heavy atom. The van der Waals surface area contributed by atoms with E-state index in [-0.39, 0.29) is 16.7 Å². The van der Waals surface area contributed by atoms with Crippen LogP contribution in [0, 0.1) is 11.3 Å². The Morgan fingerprint density at radius 1 is 1.04 bits per heavy atom. The normalized spacial score (nSPS) is 10.9. The lowest BCUT2D eigenvalue weighted by atomic mass is 10.1. The Hall–Kier alpha value is -3.31. The van der Waals surface area contributed by atoms with Crippen molar-refractivity contribution in [3.63, 3.8) is 0 Å². The van der Waals surface area contributed by atoms with Gasteiger partial charge in [0.1, 0.15) is 5.82 Å². The molecule has 0 spiro atoms. The number of benzene rings is 2. The minimum atomic E-state index is -4.58. The van der Waals surface area contributed by atoms with Gasteiger partial charge in [-0.25, -0.2) is 4.98 Å². The van der Waals surface area contributed by atoms with Crippen molar-refractivity contribution >= 4 is 34.7 Å². The van der Waals surface area contributed by atoms with Gasteiger partial charge in [-0.15, -0.1) is 0 Å². The molecule has 136 valence electrons. The molecule has 9 heteroatoms. The van der Waals surface area contributed by atoms with Crippen molar-refractivity contribution in [1.82, 2.24) is 9.97 Å². The molecule has 0 aliphatic rings. The summed E-state index contributed by atoms with van der Waals surface area (Å²) in [6.07, 6.45) is -3.18. The molecule has 0 atom stereocenters. The lowest BCUT2D eigenvalue weighted by Gasteiger charge is -2.14. The van der Waals surface area contributed by atoms with Crippen LogP contribution < -0.4 is 10.6 Å². The highest BCUT2D eigenvalue weighted by atomic mass is 35.5. The molecule has 1 aromatic heterocycles. The van der Waals surface area contributed by atoms with Crippen LogP contribution in [0.1, 0.15) is 11.1 Å². The molecule has 0 saturated heterocycles. The van der Waals surface area contributed by atoms with E-state index in [9.17, 15) is 13.2 Å². The molecular weight excluding hydrogens is 379 g/mol. The van der Waals surface area contributed by atoms with Crippen LogP contribution in [0.25, 0.3) is 0 Å². The number of halogens is 4. The van der Waals surface area contributed by atoms with E-state index in [0.29, 0.717) is 17.1 Å². The third kappa shape index (κ3) is 4.65. The number of rotatable bonds is 4. The van der Waals surface area contributed by atoms with Gasteiger partial charge >= 0.3 is 6.18 Å². The number of nitrogens with zero attached hydrogens (tertiary/aromatic N) is 3. The van der Waals surface area contributed by atoms with Crippen LogP contribution in [-0.4, -0.2) is 9.97 Å². The quantitative estimate of drug-likeness (QED) is 0.615. The topological polar surface area (TPSA) is 73.6 Å². The summed E-state index contributed by atoms with van der Waals surface area (Å²) in [5, 5.41) is 14.4. The fourth-order valence-corrected chi connectivity index (χ4v) is 2.46. The van der Waals surface area contributed by atoms with E-state index in [1.807, 2.05) is 6.07 Å². The average Bonchev–Trinajstić information content (AvgIpc) is 2.63. The Kier molecular flexibility index (Phi) is 5.14. The molecule has 3 rings (SSSR count). The summed E-state index contributed by atoms with van der Waals surface area (Å²) in [6, 6.07) is 13.7. The predicted molar refractivity (Wildman–Crippen MR) is 96.2 cm³/mol. The van der Waals surface area contributed by atoms with Crippen molar-refractivity contribution in [2.24, 2.45) is 0 Å². The van der Waals surface area contributed by atoms with Gasteiger partial charge in [0, 0.05) is 16.9 Å². The second kappa shape index (κ2) is 7.51. The Balaban J connectivity index is 1.86. The summed E-state index contributed by atoms with van der Waals surface area (Å²) >= 11 is 5.67. The monoisotopic (exact) mass is 389 g/mol. The second-order valence-corrected chi connectivity index (χ2v) is 5.83.